The topological polar surface area (TPSA) is 51.0 Å². The summed E-state index contributed by atoms with van der Waals surface area (Å²) >= 11 is 15.2. The molecule has 0 bridgehead atoms. The van der Waals surface area contributed by atoms with Crippen molar-refractivity contribution < 1.29 is 4.79 Å². The van der Waals surface area contributed by atoms with Gasteiger partial charge in [0.2, 0.25) is 5.91 Å². The molecule has 4 aromatic rings. The second-order valence-electron chi connectivity index (χ2n) is 7.45. The number of thiazole rings is 1. The number of aryl methyl sites for hydroxylation is 3. The Morgan fingerprint density at radius 3 is 2.56 bits per heavy atom. The summed E-state index contributed by atoms with van der Waals surface area (Å²) in [5, 5.41) is 6.56. The molecule has 0 saturated carbocycles. The fraction of sp³-hybridized carbons (Fsp3) is 0.261. The van der Waals surface area contributed by atoms with E-state index >= 15 is 0 Å². The van der Waals surface area contributed by atoms with Crippen LogP contribution in [-0.4, -0.2) is 33.0 Å². The summed E-state index contributed by atoms with van der Waals surface area (Å²) in [5.41, 5.74) is 3.79. The average molecular weight is 505 g/mol. The van der Waals surface area contributed by atoms with Crippen molar-refractivity contribution >= 4 is 67.6 Å². The first-order valence-corrected chi connectivity index (χ1v) is 12.6. The molecule has 4 rings (SSSR count). The largest absolute Gasteiger partial charge is 0.285 e. The maximum absolute atomic E-state index is 13.3. The van der Waals surface area contributed by atoms with Crippen LogP contribution < -0.4 is 4.90 Å². The smallest absolute Gasteiger partial charge is 0.239 e. The van der Waals surface area contributed by atoms with Gasteiger partial charge in [0.05, 0.1) is 28.2 Å². The molecule has 1 amide bonds. The molecule has 2 aromatic heterocycles. The Bertz CT molecular complexity index is 1270. The van der Waals surface area contributed by atoms with Crippen molar-refractivity contribution in [1.82, 2.24) is 14.8 Å². The zero-order valence-electron chi connectivity index (χ0n) is 17.9. The number of aromatic nitrogens is 3. The highest BCUT2D eigenvalue weighted by Gasteiger charge is 2.21. The van der Waals surface area contributed by atoms with E-state index in [4.69, 9.17) is 28.2 Å². The van der Waals surface area contributed by atoms with Crippen molar-refractivity contribution in [1.29, 1.82) is 0 Å². The molecule has 0 fully saturated rings. The van der Waals surface area contributed by atoms with Gasteiger partial charge in [-0.2, -0.15) is 5.10 Å². The number of benzene rings is 2. The highest BCUT2D eigenvalue weighted by molar-refractivity contribution is 8.00. The van der Waals surface area contributed by atoms with Gasteiger partial charge in [-0.1, -0.05) is 34.5 Å². The maximum atomic E-state index is 13.3. The molecular formula is C23H22Cl2N4OS2. The van der Waals surface area contributed by atoms with E-state index in [2.05, 4.69) is 5.10 Å². The Hall–Kier alpha value is -2.06. The highest BCUT2D eigenvalue weighted by atomic mass is 35.5. The fourth-order valence-corrected chi connectivity index (χ4v) is 5.50. The third-order valence-electron chi connectivity index (χ3n) is 5.08. The molecule has 0 radical (unpaired) electrons. The second-order valence-corrected chi connectivity index (χ2v) is 10.4. The van der Waals surface area contributed by atoms with E-state index in [1.165, 1.54) is 23.1 Å². The maximum Gasteiger partial charge on any atom is 0.239 e. The first kappa shape index (κ1) is 23.1. The Balaban J connectivity index is 1.59. The van der Waals surface area contributed by atoms with Gasteiger partial charge in [-0.15, -0.1) is 11.8 Å². The number of thioether (sulfide) groups is 1. The Labute approximate surface area is 205 Å². The van der Waals surface area contributed by atoms with Crippen LogP contribution in [0.15, 0.2) is 47.4 Å². The lowest BCUT2D eigenvalue weighted by atomic mass is 10.2. The predicted octanol–water partition coefficient (Wildman–Crippen LogP) is 6.55. The van der Waals surface area contributed by atoms with Crippen LogP contribution in [0.2, 0.25) is 10.0 Å². The molecule has 0 aliphatic rings. The van der Waals surface area contributed by atoms with Gasteiger partial charge in [0.1, 0.15) is 0 Å². The van der Waals surface area contributed by atoms with Crippen molar-refractivity contribution in [3.63, 3.8) is 0 Å². The number of hydrogen-bond acceptors (Lipinski definition) is 5. The Morgan fingerprint density at radius 1 is 1.12 bits per heavy atom. The van der Waals surface area contributed by atoms with Gasteiger partial charge < -0.3 is 0 Å². The van der Waals surface area contributed by atoms with Crippen LogP contribution in [0.3, 0.4) is 0 Å². The van der Waals surface area contributed by atoms with Crippen LogP contribution in [-0.2, 0) is 11.3 Å². The second kappa shape index (κ2) is 9.83. The quantitative estimate of drug-likeness (QED) is 0.267. The zero-order chi connectivity index (χ0) is 22.8. The predicted molar refractivity (Wildman–Crippen MR) is 136 cm³/mol. The lowest BCUT2D eigenvalue weighted by Crippen LogP contribution is -2.35. The molecule has 0 aliphatic carbocycles. The summed E-state index contributed by atoms with van der Waals surface area (Å²) in [6, 6.07) is 13.4. The summed E-state index contributed by atoms with van der Waals surface area (Å²) in [7, 11) is 0. The third kappa shape index (κ3) is 5.12. The number of nitrogens with zero attached hydrogens (tertiary/aromatic N) is 4. The van der Waals surface area contributed by atoms with E-state index in [9.17, 15) is 4.79 Å². The standard InChI is InChI=1S/C23H22Cl2N4OS2/c1-14-12-15(2)29(27-14)11-10-28(21(30)13-31-18-6-4-17(24)5-7-18)23-26-22-16(3)19(25)8-9-20(22)32-23/h4-9,12H,10-11,13H2,1-3H3. The van der Waals surface area contributed by atoms with E-state index in [0.717, 1.165) is 32.1 Å². The number of halogens is 2. The number of anilines is 1. The third-order valence-corrected chi connectivity index (χ3v) is 7.79. The summed E-state index contributed by atoms with van der Waals surface area (Å²) in [6.45, 7) is 7.01. The minimum Gasteiger partial charge on any atom is -0.285 e. The molecular weight excluding hydrogens is 483 g/mol. The molecule has 2 heterocycles. The van der Waals surface area contributed by atoms with Crippen LogP contribution in [0, 0.1) is 20.8 Å². The van der Waals surface area contributed by atoms with Gasteiger partial charge in [0.15, 0.2) is 5.13 Å². The lowest BCUT2D eigenvalue weighted by Gasteiger charge is -2.20. The van der Waals surface area contributed by atoms with Crippen molar-refractivity contribution in [2.24, 2.45) is 0 Å². The van der Waals surface area contributed by atoms with Crippen LogP contribution in [0.5, 0.6) is 0 Å². The monoisotopic (exact) mass is 504 g/mol. The molecule has 0 N–H and O–H groups in total. The number of carbonyl (C=O) groups is 1. The van der Waals surface area contributed by atoms with E-state index < -0.39 is 0 Å². The number of carbonyl (C=O) groups excluding carboxylic acids is 1. The molecule has 32 heavy (non-hydrogen) atoms. The van der Waals surface area contributed by atoms with Gasteiger partial charge in [0, 0.05) is 27.2 Å². The molecule has 2 aromatic carbocycles. The van der Waals surface area contributed by atoms with Gasteiger partial charge in [-0.3, -0.25) is 14.4 Å². The Morgan fingerprint density at radius 2 is 1.88 bits per heavy atom. The fourth-order valence-electron chi connectivity index (χ4n) is 3.38. The number of fused-ring (bicyclic) bond motifs is 1. The van der Waals surface area contributed by atoms with Crippen molar-refractivity contribution in [2.75, 3.05) is 17.2 Å². The van der Waals surface area contributed by atoms with Gasteiger partial charge >= 0.3 is 0 Å². The minimum absolute atomic E-state index is 0.00529. The molecule has 5 nitrogen and oxygen atoms in total. The molecule has 0 aliphatic heterocycles. The first-order chi connectivity index (χ1) is 15.3. The van der Waals surface area contributed by atoms with Gasteiger partial charge in [-0.25, -0.2) is 4.98 Å². The number of hydrogen-bond donors (Lipinski definition) is 0. The zero-order valence-corrected chi connectivity index (χ0v) is 21.1. The van der Waals surface area contributed by atoms with Crippen LogP contribution in [0.1, 0.15) is 17.0 Å². The molecule has 0 spiro atoms. The molecule has 0 saturated heterocycles. The highest BCUT2D eigenvalue weighted by Crippen LogP contribution is 2.34. The van der Waals surface area contributed by atoms with E-state index in [0.29, 0.717) is 34.0 Å². The van der Waals surface area contributed by atoms with E-state index in [1.807, 2.05) is 67.9 Å². The first-order valence-electron chi connectivity index (χ1n) is 10.1. The van der Waals surface area contributed by atoms with Crippen molar-refractivity contribution in [3.05, 3.63) is 69.5 Å². The summed E-state index contributed by atoms with van der Waals surface area (Å²) in [4.78, 5) is 20.9. The van der Waals surface area contributed by atoms with Crippen molar-refractivity contribution in [3.8, 4) is 0 Å². The van der Waals surface area contributed by atoms with Gasteiger partial charge in [-0.05, 0) is 68.8 Å². The molecule has 9 heteroatoms. The van der Waals surface area contributed by atoms with Gasteiger partial charge in [0.25, 0.3) is 0 Å². The van der Waals surface area contributed by atoms with E-state index in [1.54, 1.807) is 4.90 Å². The minimum atomic E-state index is -0.00529. The Kier molecular flexibility index (Phi) is 7.10. The normalized spacial score (nSPS) is 11.3. The summed E-state index contributed by atoms with van der Waals surface area (Å²) in [6.07, 6.45) is 0. The van der Waals surface area contributed by atoms with Crippen LogP contribution in [0.25, 0.3) is 10.2 Å². The lowest BCUT2D eigenvalue weighted by molar-refractivity contribution is -0.116. The molecule has 0 unspecified atom stereocenters. The average Bonchev–Trinajstić information content (AvgIpc) is 3.33. The number of amides is 1. The van der Waals surface area contributed by atoms with Crippen molar-refractivity contribution in [2.45, 2.75) is 32.2 Å². The molecule has 0 atom stereocenters. The summed E-state index contributed by atoms with van der Waals surface area (Å²) in [5.74, 6) is 0.295. The van der Waals surface area contributed by atoms with E-state index in [-0.39, 0.29) is 5.91 Å². The SMILES string of the molecule is Cc1cc(C)n(CCN(C(=O)CSc2ccc(Cl)cc2)c2nc3c(C)c(Cl)ccc3s2)n1. The molecule has 166 valence electrons. The van der Waals surface area contributed by atoms with Crippen LogP contribution in [0.4, 0.5) is 5.13 Å². The summed E-state index contributed by atoms with van der Waals surface area (Å²) < 4.78 is 2.94. The van der Waals surface area contributed by atoms with Crippen LogP contribution >= 0.6 is 46.3 Å². The number of rotatable bonds is 7.